The summed E-state index contributed by atoms with van der Waals surface area (Å²) in [5.74, 6) is 2.13. The van der Waals surface area contributed by atoms with Gasteiger partial charge in [-0.2, -0.15) is 5.10 Å². The number of nitrogens with zero attached hydrogens (tertiary/aromatic N) is 1. The monoisotopic (exact) mass is 456 g/mol. The maximum Gasteiger partial charge on any atom is 0.244 e. The average molecular weight is 456 g/mol. The number of rotatable bonds is 6. The number of nitrogens with one attached hydrogen (secondary N) is 1. The van der Waals surface area contributed by atoms with Crippen molar-refractivity contribution in [2.24, 2.45) is 22.4 Å². The Labute approximate surface area is 162 Å². The molecule has 0 aromatic heterocycles. The molecule has 2 fully saturated rings. The molecule has 6 heteroatoms. The zero-order valence-electron chi connectivity index (χ0n) is 15.0. The fraction of sp³-hybridized carbons (Fsp3) is 0.579. The van der Waals surface area contributed by atoms with E-state index in [0.717, 1.165) is 21.3 Å². The molecule has 1 aromatic rings. The number of methoxy groups -OCH3 is 1. The minimum absolute atomic E-state index is 0.0545. The molecule has 3 atom stereocenters. The van der Waals surface area contributed by atoms with Crippen LogP contribution in [0.1, 0.15) is 45.1 Å². The van der Waals surface area contributed by atoms with Crippen molar-refractivity contribution in [3.8, 4) is 11.5 Å². The highest BCUT2D eigenvalue weighted by Crippen LogP contribution is 2.66. The molecule has 0 heterocycles. The lowest BCUT2D eigenvalue weighted by Gasteiger charge is -2.15. The van der Waals surface area contributed by atoms with E-state index in [1.165, 1.54) is 19.3 Å². The second-order valence-electron chi connectivity index (χ2n) is 7.04. The third-order valence-electron chi connectivity index (χ3n) is 5.54. The van der Waals surface area contributed by atoms with E-state index < -0.39 is 0 Å². The van der Waals surface area contributed by atoms with E-state index in [4.69, 9.17) is 9.47 Å². The third-order valence-corrected chi connectivity index (χ3v) is 6.34. The molecule has 0 spiro atoms. The van der Waals surface area contributed by atoms with E-state index in [9.17, 15) is 4.79 Å². The first kappa shape index (κ1) is 18.5. The van der Waals surface area contributed by atoms with Crippen LogP contribution in [0.5, 0.6) is 11.5 Å². The Kier molecular flexibility index (Phi) is 5.55. The van der Waals surface area contributed by atoms with Gasteiger partial charge in [0.25, 0.3) is 0 Å². The fourth-order valence-corrected chi connectivity index (χ4v) is 5.06. The van der Waals surface area contributed by atoms with Crippen molar-refractivity contribution >= 4 is 34.7 Å². The number of ether oxygens (including phenoxy) is 2. The molecule has 3 rings (SSSR count). The lowest BCUT2D eigenvalue weighted by atomic mass is 9.90. The van der Waals surface area contributed by atoms with E-state index in [-0.39, 0.29) is 17.2 Å². The van der Waals surface area contributed by atoms with Crippen molar-refractivity contribution in [2.45, 2.75) is 39.5 Å². The van der Waals surface area contributed by atoms with Gasteiger partial charge in [-0.05, 0) is 71.4 Å². The normalized spacial score (nSPS) is 27.7. The number of carbonyl (C=O) groups is 1. The van der Waals surface area contributed by atoms with Gasteiger partial charge in [0.15, 0.2) is 11.5 Å². The number of halogens is 1. The molecule has 2 aliphatic rings. The molecule has 25 heavy (non-hydrogen) atoms. The van der Waals surface area contributed by atoms with Gasteiger partial charge >= 0.3 is 0 Å². The Balaban J connectivity index is 1.65. The quantitative estimate of drug-likeness (QED) is 0.401. The molecule has 2 aliphatic carbocycles. The van der Waals surface area contributed by atoms with Crippen LogP contribution >= 0.6 is 22.6 Å². The average Bonchev–Trinajstić information content (AvgIpc) is 3.20. The van der Waals surface area contributed by atoms with Gasteiger partial charge in [0, 0.05) is 5.92 Å². The third kappa shape index (κ3) is 3.64. The largest absolute Gasteiger partial charge is 0.492 e. The molecule has 1 N–H and O–H groups in total. The number of hydrogen-bond acceptors (Lipinski definition) is 4. The van der Waals surface area contributed by atoms with Crippen LogP contribution < -0.4 is 14.9 Å². The van der Waals surface area contributed by atoms with Gasteiger partial charge in [0.05, 0.1) is 23.5 Å². The predicted octanol–water partition coefficient (Wildman–Crippen LogP) is 3.97. The van der Waals surface area contributed by atoms with Gasteiger partial charge in [-0.15, -0.1) is 0 Å². The van der Waals surface area contributed by atoms with Crippen LogP contribution in [0.4, 0.5) is 0 Å². The summed E-state index contributed by atoms with van der Waals surface area (Å²) in [6, 6.07) is 3.83. The van der Waals surface area contributed by atoms with Crippen LogP contribution in [0.15, 0.2) is 17.2 Å². The van der Waals surface area contributed by atoms with Gasteiger partial charge < -0.3 is 9.47 Å². The molecule has 5 nitrogen and oxygen atoms in total. The minimum Gasteiger partial charge on any atom is -0.492 e. The molecule has 0 radical (unpaired) electrons. The van der Waals surface area contributed by atoms with Gasteiger partial charge in [-0.1, -0.05) is 19.8 Å². The number of amides is 1. The summed E-state index contributed by atoms with van der Waals surface area (Å²) in [6.45, 7) is 4.74. The SMILES string of the molecule is CCOc1cc(/C=N\NC(=O)[C@@H]2[C@@H]3CCCC[C@@]23C)cc(I)c1OC. The molecule has 0 saturated heterocycles. The van der Waals surface area contributed by atoms with Crippen LogP contribution in [0.2, 0.25) is 0 Å². The minimum atomic E-state index is 0.0545. The molecule has 0 unspecified atom stereocenters. The smallest absolute Gasteiger partial charge is 0.244 e. The highest BCUT2D eigenvalue weighted by atomic mass is 127. The number of carbonyl (C=O) groups excluding carboxylic acids is 1. The van der Waals surface area contributed by atoms with Gasteiger partial charge in [-0.3, -0.25) is 4.79 Å². The summed E-state index contributed by atoms with van der Waals surface area (Å²) in [5, 5.41) is 4.17. The molecular weight excluding hydrogens is 431 g/mol. The summed E-state index contributed by atoms with van der Waals surface area (Å²) in [4.78, 5) is 12.4. The first-order valence-electron chi connectivity index (χ1n) is 8.84. The molecule has 136 valence electrons. The van der Waals surface area contributed by atoms with E-state index in [2.05, 4.69) is 40.0 Å². The molecular formula is C19H25IN2O3. The van der Waals surface area contributed by atoms with Crippen molar-refractivity contribution in [3.05, 3.63) is 21.3 Å². The van der Waals surface area contributed by atoms with Gasteiger partial charge in [0.1, 0.15) is 0 Å². The van der Waals surface area contributed by atoms with Crippen molar-refractivity contribution in [2.75, 3.05) is 13.7 Å². The number of fused-ring (bicyclic) bond motifs is 1. The molecule has 0 aliphatic heterocycles. The zero-order chi connectivity index (χ0) is 18.0. The van der Waals surface area contributed by atoms with Crippen LogP contribution in [0.25, 0.3) is 0 Å². The summed E-state index contributed by atoms with van der Waals surface area (Å²) in [6.07, 6.45) is 6.49. The highest BCUT2D eigenvalue weighted by molar-refractivity contribution is 14.1. The second kappa shape index (κ2) is 7.51. The fourth-order valence-electron chi connectivity index (χ4n) is 4.21. The topological polar surface area (TPSA) is 59.9 Å². The van der Waals surface area contributed by atoms with Crippen LogP contribution in [-0.2, 0) is 4.79 Å². The predicted molar refractivity (Wildman–Crippen MR) is 106 cm³/mol. The second-order valence-corrected chi connectivity index (χ2v) is 8.20. The van der Waals surface area contributed by atoms with Gasteiger partial charge in [-0.25, -0.2) is 5.43 Å². The summed E-state index contributed by atoms with van der Waals surface area (Å²) in [7, 11) is 1.63. The van der Waals surface area contributed by atoms with Crippen molar-refractivity contribution in [3.63, 3.8) is 0 Å². The van der Waals surface area contributed by atoms with E-state index >= 15 is 0 Å². The first-order valence-corrected chi connectivity index (χ1v) is 9.92. The van der Waals surface area contributed by atoms with Gasteiger partial charge in [0.2, 0.25) is 5.91 Å². The Morgan fingerprint density at radius 1 is 1.48 bits per heavy atom. The van der Waals surface area contributed by atoms with Crippen molar-refractivity contribution in [1.82, 2.24) is 5.43 Å². The Morgan fingerprint density at radius 3 is 2.92 bits per heavy atom. The Bertz CT molecular complexity index is 691. The zero-order valence-corrected chi connectivity index (χ0v) is 17.1. The molecule has 1 aromatic carbocycles. The highest BCUT2D eigenvalue weighted by Gasteiger charge is 2.64. The Hall–Kier alpha value is -1.31. The van der Waals surface area contributed by atoms with Crippen LogP contribution in [-0.4, -0.2) is 25.8 Å². The van der Waals surface area contributed by atoms with E-state index in [1.54, 1.807) is 13.3 Å². The Morgan fingerprint density at radius 2 is 2.28 bits per heavy atom. The van der Waals surface area contributed by atoms with Crippen LogP contribution in [0.3, 0.4) is 0 Å². The first-order chi connectivity index (χ1) is 12.0. The number of hydrogen-bond donors (Lipinski definition) is 1. The maximum atomic E-state index is 12.4. The summed E-state index contributed by atoms with van der Waals surface area (Å²) < 4.78 is 12.0. The number of hydrazone groups is 1. The molecule has 2 saturated carbocycles. The number of benzene rings is 1. The molecule has 0 bridgehead atoms. The lowest BCUT2D eigenvalue weighted by molar-refractivity contribution is -0.123. The van der Waals surface area contributed by atoms with Crippen molar-refractivity contribution < 1.29 is 14.3 Å². The van der Waals surface area contributed by atoms with Crippen molar-refractivity contribution in [1.29, 1.82) is 0 Å². The molecule has 1 amide bonds. The lowest BCUT2D eigenvalue weighted by Crippen LogP contribution is -2.22. The standard InChI is InChI=1S/C19H25IN2O3/c1-4-25-15-10-12(9-14(20)17(15)24-3)11-21-22-18(23)16-13-7-5-6-8-19(13,16)2/h9-11,13,16H,4-8H2,1-3H3,(H,22,23)/b21-11-/t13-,16-,19+/m0/s1. The summed E-state index contributed by atoms with van der Waals surface area (Å²) >= 11 is 2.21. The van der Waals surface area contributed by atoms with E-state index in [1.807, 2.05) is 19.1 Å². The summed E-state index contributed by atoms with van der Waals surface area (Å²) in [5.41, 5.74) is 3.80. The van der Waals surface area contributed by atoms with E-state index in [0.29, 0.717) is 18.3 Å². The van der Waals surface area contributed by atoms with Crippen LogP contribution in [0, 0.1) is 20.8 Å². The maximum absolute atomic E-state index is 12.4.